The van der Waals surface area contributed by atoms with E-state index in [1.165, 1.54) is 0 Å². The summed E-state index contributed by atoms with van der Waals surface area (Å²) < 4.78 is 21.4. The van der Waals surface area contributed by atoms with Crippen molar-refractivity contribution in [3.8, 4) is 11.4 Å². The number of para-hydroxylation sites is 2. The van der Waals surface area contributed by atoms with Gasteiger partial charge < -0.3 is 15.0 Å². The molecule has 3 aromatic heterocycles. The zero-order chi connectivity index (χ0) is 23.9. The summed E-state index contributed by atoms with van der Waals surface area (Å²) in [5, 5.41) is 8.60. The van der Waals surface area contributed by atoms with Crippen LogP contribution < -0.4 is 10.2 Å². The highest BCUT2D eigenvalue weighted by atomic mass is 19.1. The largest absolute Gasteiger partial charge is 0.381 e. The fourth-order valence-corrected chi connectivity index (χ4v) is 5.25. The van der Waals surface area contributed by atoms with Crippen molar-refractivity contribution < 1.29 is 9.13 Å². The second kappa shape index (κ2) is 9.03. The number of nitrogens with one attached hydrogen (secondary N) is 1. The number of ether oxygens (including phenoxy) is 1. The fraction of sp³-hybridized carbons (Fsp3) is 0.462. The molecule has 182 valence electrons. The monoisotopic (exact) mass is 475 g/mol. The summed E-state index contributed by atoms with van der Waals surface area (Å²) in [4.78, 5) is 16.5. The van der Waals surface area contributed by atoms with E-state index in [-0.39, 0.29) is 0 Å². The number of anilines is 2. The van der Waals surface area contributed by atoms with Crippen LogP contribution in [0, 0.1) is 6.92 Å². The lowest BCUT2D eigenvalue weighted by Crippen LogP contribution is -2.30. The van der Waals surface area contributed by atoms with Gasteiger partial charge in [0.2, 0.25) is 0 Å². The maximum absolute atomic E-state index is 14.0. The van der Waals surface area contributed by atoms with E-state index < -0.39 is 6.17 Å². The number of rotatable bonds is 5. The van der Waals surface area contributed by atoms with Crippen molar-refractivity contribution in [1.82, 2.24) is 24.6 Å². The Kier molecular flexibility index (Phi) is 5.72. The van der Waals surface area contributed by atoms with E-state index in [2.05, 4.69) is 5.32 Å². The average molecular weight is 476 g/mol. The Bertz CT molecular complexity index is 1360. The van der Waals surface area contributed by atoms with Crippen LogP contribution in [0.4, 0.5) is 16.0 Å². The smallest absolute Gasteiger partial charge is 0.160 e. The number of nitrogens with zero attached hydrogens (tertiary/aromatic N) is 6. The molecule has 8 nitrogen and oxygen atoms in total. The number of halogens is 1. The molecule has 0 bridgehead atoms. The highest BCUT2D eigenvalue weighted by Crippen LogP contribution is 2.30. The Morgan fingerprint density at radius 2 is 1.77 bits per heavy atom. The van der Waals surface area contributed by atoms with Crippen molar-refractivity contribution in [3.05, 3.63) is 42.1 Å². The maximum Gasteiger partial charge on any atom is 0.160 e. The van der Waals surface area contributed by atoms with E-state index in [4.69, 9.17) is 24.8 Å². The van der Waals surface area contributed by atoms with E-state index in [1.54, 1.807) is 7.11 Å². The molecular formula is C26H30FN7O. The van der Waals surface area contributed by atoms with Gasteiger partial charge in [0.25, 0.3) is 0 Å². The second-order valence-electron chi connectivity index (χ2n) is 9.63. The van der Waals surface area contributed by atoms with Crippen molar-refractivity contribution >= 4 is 28.3 Å². The van der Waals surface area contributed by atoms with Gasteiger partial charge in [-0.3, -0.25) is 0 Å². The first-order valence-electron chi connectivity index (χ1n) is 12.4. The number of benzene rings is 1. The molecule has 2 aliphatic rings. The zero-order valence-corrected chi connectivity index (χ0v) is 20.1. The van der Waals surface area contributed by atoms with Crippen LogP contribution in [-0.2, 0) is 4.74 Å². The molecule has 1 aliphatic heterocycles. The van der Waals surface area contributed by atoms with Gasteiger partial charge in [0.15, 0.2) is 5.65 Å². The van der Waals surface area contributed by atoms with Crippen molar-refractivity contribution in [2.24, 2.45) is 0 Å². The Morgan fingerprint density at radius 3 is 2.49 bits per heavy atom. The van der Waals surface area contributed by atoms with Gasteiger partial charge in [-0.25, -0.2) is 19.3 Å². The van der Waals surface area contributed by atoms with Gasteiger partial charge in [-0.05, 0) is 51.2 Å². The summed E-state index contributed by atoms with van der Waals surface area (Å²) in [6, 6.07) is 12.1. The molecule has 4 aromatic rings. The Morgan fingerprint density at radius 1 is 1.00 bits per heavy atom. The minimum Gasteiger partial charge on any atom is -0.381 e. The fourth-order valence-electron chi connectivity index (χ4n) is 5.25. The summed E-state index contributed by atoms with van der Waals surface area (Å²) in [5.41, 5.74) is 4.69. The summed E-state index contributed by atoms with van der Waals surface area (Å²) in [5.74, 6) is 1.64. The molecule has 9 heteroatoms. The molecule has 1 aliphatic carbocycles. The zero-order valence-electron chi connectivity index (χ0n) is 20.1. The standard InChI is InChI=1S/C26H30FN7O/c1-16-26(30-21-6-4-3-5-20(21)28-16)22-13-24-31-23(33-12-11-17(27)15-33)14-25(34(24)32-22)29-18-7-9-19(35-2)10-8-18/h3-6,13-14,17-19,29H,7-12,15H2,1-2H3/t17-,18?,19?/m1/s1. The summed E-state index contributed by atoms with van der Waals surface area (Å²) in [6.07, 6.45) is 4.16. The van der Waals surface area contributed by atoms with Crippen LogP contribution in [-0.4, -0.2) is 63.1 Å². The number of fused-ring (bicyclic) bond motifs is 2. The lowest BCUT2D eigenvalue weighted by Gasteiger charge is -2.29. The third-order valence-electron chi connectivity index (χ3n) is 7.22. The molecule has 1 aromatic carbocycles. The third kappa shape index (κ3) is 4.29. The average Bonchev–Trinajstić information content (AvgIpc) is 3.50. The first-order chi connectivity index (χ1) is 17.1. The molecule has 4 heterocycles. The van der Waals surface area contributed by atoms with E-state index in [0.717, 1.165) is 65.4 Å². The maximum atomic E-state index is 14.0. The topological polar surface area (TPSA) is 80.5 Å². The van der Waals surface area contributed by atoms with Gasteiger partial charge in [-0.15, -0.1) is 0 Å². The molecule has 6 rings (SSSR count). The molecule has 0 radical (unpaired) electrons. The summed E-state index contributed by atoms with van der Waals surface area (Å²) in [6.45, 7) is 2.99. The van der Waals surface area contributed by atoms with Crippen LogP contribution in [0.2, 0.25) is 0 Å². The van der Waals surface area contributed by atoms with E-state index in [1.807, 2.05) is 52.7 Å². The van der Waals surface area contributed by atoms with Gasteiger partial charge in [0.1, 0.15) is 29.2 Å². The molecule has 1 saturated carbocycles. The number of aromatic nitrogens is 5. The highest BCUT2D eigenvalue weighted by Gasteiger charge is 2.26. The van der Waals surface area contributed by atoms with Crippen LogP contribution >= 0.6 is 0 Å². The van der Waals surface area contributed by atoms with Crippen molar-refractivity contribution in [3.63, 3.8) is 0 Å². The van der Waals surface area contributed by atoms with Gasteiger partial charge >= 0.3 is 0 Å². The van der Waals surface area contributed by atoms with E-state index in [9.17, 15) is 4.39 Å². The molecule has 0 spiro atoms. The molecule has 2 fully saturated rings. The Labute approximate surface area is 203 Å². The quantitative estimate of drug-likeness (QED) is 0.453. The predicted molar refractivity (Wildman–Crippen MR) is 135 cm³/mol. The SMILES string of the molecule is COC1CCC(Nc2cc(N3CC[C@@H](F)C3)nc3cc(-c4nc5ccccc5nc4C)nn23)CC1. The summed E-state index contributed by atoms with van der Waals surface area (Å²) in [7, 11) is 1.79. The van der Waals surface area contributed by atoms with Crippen molar-refractivity contribution in [2.75, 3.05) is 30.4 Å². The van der Waals surface area contributed by atoms with Crippen LogP contribution in [0.5, 0.6) is 0 Å². The van der Waals surface area contributed by atoms with Crippen molar-refractivity contribution in [1.29, 1.82) is 0 Å². The summed E-state index contributed by atoms with van der Waals surface area (Å²) >= 11 is 0. The van der Waals surface area contributed by atoms with Crippen LogP contribution in [0.1, 0.15) is 37.8 Å². The van der Waals surface area contributed by atoms with Gasteiger partial charge in [0.05, 0.1) is 29.4 Å². The Hall–Kier alpha value is -3.33. The predicted octanol–water partition coefficient (Wildman–Crippen LogP) is 4.57. The number of hydrogen-bond donors (Lipinski definition) is 1. The first-order valence-corrected chi connectivity index (χ1v) is 12.4. The normalized spacial score (nSPS) is 22.8. The number of aryl methyl sites for hydroxylation is 1. The molecule has 0 amide bonds. The molecule has 0 unspecified atom stereocenters. The first kappa shape index (κ1) is 22.2. The van der Waals surface area contributed by atoms with Crippen LogP contribution in [0.25, 0.3) is 28.1 Å². The highest BCUT2D eigenvalue weighted by molar-refractivity contribution is 5.78. The molecule has 1 saturated heterocycles. The van der Waals surface area contributed by atoms with Crippen molar-refractivity contribution in [2.45, 2.75) is 57.3 Å². The van der Waals surface area contributed by atoms with Gasteiger partial charge in [-0.2, -0.15) is 9.61 Å². The number of methoxy groups -OCH3 is 1. The molecule has 1 N–H and O–H groups in total. The molecule has 1 atom stereocenters. The number of alkyl halides is 1. The van der Waals surface area contributed by atoms with Gasteiger partial charge in [-0.1, -0.05) is 12.1 Å². The Balaban J connectivity index is 1.41. The minimum atomic E-state index is -0.815. The minimum absolute atomic E-state index is 0.321. The van der Waals surface area contributed by atoms with Gasteiger partial charge in [0, 0.05) is 31.8 Å². The van der Waals surface area contributed by atoms with E-state index >= 15 is 0 Å². The second-order valence-corrected chi connectivity index (χ2v) is 9.63. The third-order valence-corrected chi connectivity index (χ3v) is 7.22. The van der Waals surface area contributed by atoms with Crippen LogP contribution in [0.15, 0.2) is 36.4 Å². The number of hydrogen-bond acceptors (Lipinski definition) is 7. The lowest BCUT2D eigenvalue weighted by molar-refractivity contribution is 0.0681. The molecule has 35 heavy (non-hydrogen) atoms. The molecular weight excluding hydrogens is 445 g/mol. The van der Waals surface area contributed by atoms with E-state index in [0.29, 0.717) is 37.3 Å². The van der Waals surface area contributed by atoms with Crippen LogP contribution in [0.3, 0.4) is 0 Å². The lowest BCUT2D eigenvalue weighted by atomic mass is 9.93.